The molecule has 0 saturated heterocycles. The van der Waals surface area contributed by atoms with Gasteiger partial charge in [-0.3, -0.25) is 4.79 Å². The normalized spacial score (nSPS) is 12.0. The van der Waals surface area contributed by atoms with E-state index in [-0.39, 0.29) is 11.9 Å². The molecule has 0 fully saturated rings. The number of hydrogen-bond donors (Lipinski definition) is 3. The van der Waals surface area contributed by atoms with Gasteiger partial charge in [0.2, 0.25) is 0 Å². The molecule has 110 valence electrons. The predicted molar refractivity (Wildman–Crippen MR) is 87.6 cm³/mol. The molecule has 1 unspecified atom stereocenters. The van der Waals surface area contributed by atoms with E-state index in [1.165, 1.54) is 0 Å². The lowest BCUT2D eigenvalue weighted by Crippen LogP contribution is -2.27. The number of nitrogens with two attached hydrogens (primary N) is 2. The Bertz CT molecular complexity index is 689. The van der Waals surface area contributed by atoms with E-state index in [1.54, 1.807) is 36.4 Å². The van der Waals surface area contributed by atoms with Crippen LogP contribution in [0.3, 0.4) is 0 Å². The summed E-state index contributed by atoms with van der Waals surface area (Å²) in [6.07, 6.45) is 0. The van der Waals surface area contributed by atoms with Gasteiger partial charge < -0.3 is 16.8 Å². The Morgan fingerprint density at radius 1 is 1.14 bits per heavy atom. The lowest BCUT2D eigenvalue weighted by Gasteiger charge is -2.17. The lowest BCUT2D eigenvalue weighted by molar-refractivity contribution is 0.0941. The molecule has 2 aromatic rings. The average Bonchev–Trinajstić information content (AvgIpc) is 2.37. The molecule has 1 atom stereocenters. The summed E-state index contributed by atoms with van der Waals surface area (Å²) in [7, 11) is 0. The minimum absolute atomic E-state index is 0.279. The Kier molecular flexibility index (Phi) is 4.60. The first-order chi connectivity index (χ1) is 9.88. The fourth-order valence-electron chi connectivity index (χ4n) is 1.99. The summed E-state index contributed by atoms with van der Waals surface area (Å²) >= 11 is 12.0. The van der Waals surface area contributed by atoms with Gasteiger partial charge in [-0.15, -0.1) is 0 Å². The van der Waals surface area contributed by atoms with Gasteiger partial charge in [0.25, 0.3) is 5.91 Å². The molecule has 6 heteroatoms. The summed E-state index contributed by atoms with van der Waals surface area (Å²) in [5.41, 5.74) is 13.4. The van der Waals surface area contributed by atoms with Crippen LogP contribution < -0.4 is 16.8 Å². The maximum Gasteiger partial charge on any atom is 0.253 e. The van der Waals surface area contributed by atoms with Crippen molar-refractivity contribution in [2.24, 2.45) is 0 Å². The summed E-state index contributed by atoms with van der Waals surface area (Å²) in [6, 6.07) is 9.64. The zero-order valence-corrected chi connectivity index (χ0v) is 12.9. The van der Waals surface area contributed by atoms with Gasteiger partial charge in [-0.25, -0.2) is 0 Å². The van der Waals surface area contributed by atoms with Gasteiger partial charge in [-0.2, -0.15) is 0 Å². The summed E-state index contributed by atoms with van der Waals surface area (Å²) in [4.78, 5) is 12.2. The Labute approximate surface area is 133 Å². The Morgan fingerprint density at radius 2 is 1.86 bits per heavy atom. The number of anilines is 2. The highest BCUT2D eigenvalue weighted by atomic mass is 35.5. The molecule has 0 aliphatic carbocycles. The van der Waals surface area contributed by atoms with Crippen LogP contribution in [0.2, 0.25) is 10.0 Å². The number of amides is 1. The summed E-state index contributed by atoms with van der Waals surface area (Å²) in [6.45, 7) is 1.83. The van der Waals surface area contributed by atoms with Crippen molar-refractivity contribution in [2.45, 2.75) is 13.0 Å². The number of hydrogen-bond acceptors (Lipinski definition) is 3. The van der Waals surface area contributed by atoms with Crippen LogP contribution in [0.1, 0.15) is 28.9 Å². The van der Waals surface area contributed by atoms with Crippen molar-refractivity contribution in [3.63, 3.8) is 0 Å². The molecule has 0 spiro atoms. The van der Waals surface area contributed by atoms with Crippen molar-refractivity contribution >= 4 is 40.5 Å². The van der Waals surface area contributed by atoms with E-state index in [0.29, 0.717) is 27.0 Å². The third kappa shape index (κ3) is 3.60. The maximum absolute atomic E-state index is 12.2. The predicted octanol–water partition coefficient (Wildman–Crippen LogP) is 3.65. The molecular weight excluding hydrogens is 309 g/mol. The molecule has 0 aromatic heterocycles. The molecule has 2 aromatic carbocycles. The van der Waals surface area contributed by atoms with Crippen molar-refractivity contribution in [3.05, 3.63) is 57.6 Å². The van der Waals surface area contributed by atoms with Gasteiger partial charge in [-0.05, 0) is 42.8 Å². The minimum atomic E-state index is -0.286. The molecule has 0 heterocycles. The average molecular weight is 324 g/mol. The molecule has 0 bridgehead atoms. The molecule has 4 nitrogen and oxygen atoms in total. The highest BCUT2D eigenvalue weighted by Gasteiger charge is 2.16. The van der Waals surface area contributed by atoms with Crippen LogP contribution in [0, 0.1) is 0 Å². The van der Waals surface area contributed by atoms with Crippen LogP contribution in [-0.2, 0) is 0 Å². The lowest BCUT2D eigenvalue weighted by atomic mass is 10.1. The number of benzene rings is 2. The van der Waals surface area contributed by atoms with Gasteiger partial charge in [-0.1, -0.05) is 29.3 Å². The molecule has 0 saturated carbocycles. The number of nitrogens with one attached hydrogen (secondary N) is 1. The summed E-state index contributed by atoms with van der Waals surface area (Å²) in [5, 5.41) is 3.89. The minimum Gasteiger partial charge on any atom is -0.399 e. The Morgan fingerprint density at radius 3 is 2.48 bits per heavy atom. The maximum atomic E-state index is 12.2. The smallest absolute Gasteiger partial charge is 0.253 e. The van der Waals surface area contributed by atoms with Crippen LogP contribution in [0.25, 0.3) is 0 Å². The van der Waals surface area contributed by atoms with E-state index in [0.717, 1.165) is 5.56 Å². The topological polar surface area (TPSA) is 81.1 Å². The Balaban J connectivity index is 2.18. The van der Waals surface area contributed by atoms with Crippen LogP contribution in [0.15, 0.2) is 36.4 Å². The quantitative estimate of drug-likeness (QED) is 0.754. The van der Waals surface area contributed by atoms with Gasteiger partial charge in [0.15, 0.2) is 0 Å². The number of carbonyl (C=O) groups is 1. The van der Waals surface area contributed by atoms with Crippen LogP contribution in [0.4, 0.5) is 11.4 Å². The number of halogens is 2. The monoisotopic (exact) mass is 323 g/mol. The number of nitrogen functional groups attached to an aromatic ring is 2. The summed E-state index contributed by atoms with van der Waals surface area (Å²) < 4.78 is 0. The number of rotatable bonds is 3. The first-order valence-electron chi connectivity index (χ1n) is 6.29. The van der Waals surface area contributed by atoms with Crippen LogP contribution in [-0.4, -0.2) is 5.91 Å². The van der Waals surface area contributed by atoms with E-state index in [1.807, 2.05) is 6.92 Å². The molecule has 0 aliphatic heterocycles. The SMILES string of the molecule is CC(NC(=O)c1ccc(N)cc1N)c1ccc(Cl)cc1Cl. The van der Waals surface area contributed by atoms with Crippen molar-refractivity contribution in [3.8, 4) is 0 Å². The molecule has 5 N–H and O–H groups in total. The van der Waals surface area contributed by atoms with E-state index < -0.39 is 0 Å². The standard InChI is InChI=1S/C15H15Cl2N3O/c1-8(11-4-2-9(16)6-13(11)17)20-15(21)12-5-3-10(18)7-14(12)19/h2-8H,18-19H2,1H3,(H,20,21). The number of carbonyl (C=O) groups excluding carboxylic acids is 1. The molecule has 1 amide bonds. The Hall–Kier alpha value is -1.91. The van der Waals surface area contributed by atoms with E-state index in [9.17, 15) is 4.79 Å². The second-order valence-corrected chi connectivity index (χ2v) is 5.55. The van der Waals surface area contributed by atoms with Crippen molar-refractivity contribution < 1.29 is 4.79 Å². The highest BCUT2D eigenvalue weighted by Crippen LogP contribution is 2.26. The molecule has 0 aliphatic rings. The molecule has 0 radical (unpaired) electrons. The van der Waals surface area contributed by atoms with Gasteiger partial charge in [0.1, 0.15) is 0 Å². The van der Waals surface area contributed by atoms with Crippen LogP contribution in [0.5, 0.6) is 0 Å². The fraction of sp³-hybridized carbons (Fsp3) is 0.133. The second kappa shape index (κ2) is 6.24. The molecule has 21 heavy (non-hydrogen) atoms. The largest absolute Gasteiger partial charge is 0.399 e. The van der Waals surface area contributed by atoms with E-state index in [4.69, 9.17) is 34.7 Å². The highest BCUT2D eigenvalue weighted by molar-refractivity contribution is 6.35. The van der Waals surface area contributed by atoms with Crippen molar-refractivity contribution in [2.75, 3.05) is 11.5 Å². The molecular formula is C15H15Cl2N3O. The second-order valence-electron chi connectivity index (χ2n) is 4.71. The van der Waals surface area contributed by atoms with Gasteiger partial charge >= 0.3 is 0 Å². The first kappa shape index (κ1) is 15.5. The van der Waals surface area contributed by atoms with Crippen molar-refractivity contribution in [1.29, 1.82) is 0 Å². The molecule has 2 rings (SSSR count). The van der Waals surface area contributed by atoms with Gasteiger partial charge in [0.05, 0.1) is 11.6 Å². The third-order valence-electron chi connectivity index (χ3n) is 3.10. The van der Waals surface area contributed by atoms with Gasteiger partial charge in [0, 0.05) is 21.4 Å². The van der Waals surface area contributed by atoms with Crippen molar-refractivity contribution in [1.82, 2.24) is 5.32 Å². The zero-order valence-electron chi connectivity index (χ0n) is 11.4. The van der Waals surface area contributed by atoms with Crippen LogP contribution >= 0.6 is 23.2 Å². The van der Waals surface area contributed by atoms with E-state index >= 15 is 0 Å². The van der Waals surface area contributed by atoms with E-state index in [2.05, 4.69) is 5.32 Å². The zero-order chi connectivity index (χ0) is 15.6. The first-order valence-corrected chi connectivity index (χ1v) is 7.05. The summed E-state index contributed by atoms with van der Waals surface area (Å²) in [5.74, 6) is -0.286. The third-order valence-corrected chi connectivity index (χ3v) is 3.66. The fourth-order valence-corrected chi connectivity index (χ4v) is 2.56.